The molecule has 14 unspecified atom stereocenters. The van der Waals surface area contributed by atoms with E-state index in [9.17, 15) is 5.11 Å². The fraction of sp³-hybridized carbons (Fsp3) is 0.719. The van der Waals surface area contributed by atoms with Crippen LogP contribution in [0.25, 0.3) is 0 Å². The Balaban J connectivity index is 1.06. The molecule has 12 bridgehead atoms. The number of carbonyl (C=O) groups excluding carboxylic acids is 2. The van der Waals surface area contributed by atoms with Crippen LogP contribution < -0.4 is 5.73 Å². The van der Waals surface area contributed by atoms with Crippen LogP contribution in [-0.4, -0.2) is 65.1 Å². The van der Waals surface area contributed by atoms with Crippen LogP contribution in [-0.2, 0) is 26.3 Å². The fourth-order valence-corrected chi connectivity index (χ4v) is 19.7. The van der Waals surface area contributed by atoms with Gasteiger partial charge >= 0.3 is 11.9 Å². The number of fused-ring (bicyclic) bond motifs is 3. The Bertz CT molecular complexity index is 2350. The van der Waals surface area contributed by atoms with Crippen molar-refractivity contribution in [3.8, 4) is 0 Å². The van der Waals surface area contributed by atoms with Crippen LogP contribution in [0.2, 0.25) is 0 Å². The molecule has 3 saturated carbocycles. The Labute approximate surface area is 386 Å². The quantitative estimate of drug-likeness (QED) is 0.223. The minimum Gasteiger partial charge on any atom is -0.509 e. The van der Waals surface area contributed by atoms with Crippen molar-refractivity contribution in [2.45, 2.75) is 159 Å². The number of rotatable bonds is 5. The second kappa shape index (κ2) is 14.6. The van der Waals surface area contributed by atoms with Crippen molar-refractivity contribution in [1.29, 1.82) is 0 Å². The molecule has 346 valence electrons. The first-order valence-electron chi connectivity index (χ1n) is 27.1. The third kappa shape index (κ3) is 5.13. The van der Waals surface area contributed by atoms with Gasteiger partial charge in [-0.2, -0.15) is 0 Å². The van der Waals surface area contributed by atoms with Gasteiger partial charge in [0.25, 0.3) is 0 Å². The summed E-state index contributed by atoms with van der Waals surface area (Å²) in [5.74, 6) is 4.10. The number of esters is 2. The number of aryl methyl sites for hydroxylation is 1. The summed E-state index contributed by atoms with van der Waals surface area (Å²) in [5.41, 5.74) is 11.9. The standard InChI is InChI=1S/C57H73N3O5/c1-32-24-39-19-20-44-40-25-33-29-59(31-40)45(35-12-6-3-7-13-35)28-46(61)52-55-22-21-41-49(51(39)60(44)30-33)42(32)26-38-18-17-37(34-10-4-2-5-11-34)27-47(56(55,50(38)41)54(63)64-52)57(55)43-16-8-14-36(15-9-23-58)48(43)53(62)65-57/h8,14,16-18,32-35,37-38,40,42,44-45,47,49,61H,2-7,9-13,15,19-31,58H2,1H3. The third-order valence-corrected chi connectivity index (χ3v) is 21.8. The lowest BCUT2D eigenvalue weighted by atomic mass is 9.27. The Morgan fingerprint density at radius 3 is 2.49 bits per heavy atom. The molecule has 8 nitrogen and oxygen atoms in total. The minimum absolute atomic E-state index is 0.112. The number of hydrogen-bond donors (Lipinski definition) is 2. The van der Waals surface area contributed by atoms with Crippen molar-refractivity contribution in [2.75, 3.05) is 26.2 Å². The highest BCUT2D eigenvalue weighted by atomic mass is 16.6. The van der Waals surface area contributed by atoms with Gasteiger partial charge in [0.15, 0.2) is 11.4 Å². The number of aliphatic hydroxyl groups excluding tert-OH is 1. The van der Waals surface area contributed by atoms with E-state index in [0.29, 0.717) is 84.6 Å². The van der Waals surface area contributed by atoms with Crippen LogP contribution in [0.1, 0.15) is 157 Å². The van der Waals surface area contributed by atoms with Gasteiger partial charge in [-0.15, -0.1) is 0 Å². The number of nitrogens with zero attached hydrogens (tertiary/aromatic N) is 2. The number of hydrogen-bond acceptors (Lipinski definition) is 8. The highest BCUT2D eigenvalue weighted by Gasteiger charge is 2.94. The van der Waals surface area contributed by atoms with E-state index in [1.807, 2.05) is 0 Å². The number of piperidine rings is 2. The van der Waals surface area contributed by atoms with Gasteiger partial charge in [-0.1, -0.05) is 86.9 Å². The van der Waals surface area contributed by atoms with Gasteiger partial charge in [-0.05, 0) is 155 Å². The van der Waals surface area contributed by atoms with Crippen molar-refractivity contribution >= 4 is 11.9 Å². The molecule has 3 spiro atoms. The van der Waals surface area contributed by atoms with E-state index in [2.05, 4.69) is 47.1 Å². The molecule has 6 fully saturated rings. The Hall–Kier alpha value is -3.36. The molecule has 0 amide bonds. The van der Waals surface area contributed by atoms with Crippen LogP contribution in [0.3, 0.4) is 0 Å². The van der Waals surface area contributed by atoms with E-state index in [1.54, 1.807) is 11.3 Å². The second-order valence-corrected chi connectivity index (χ2v) is 24.3. The molecule has 9 heterocycles. The van der Waals surface area contributed by atoms with Gasteiger partial charge in [0.1, 0.15) is 11.2 Å². The number of benzene rings is 1. The number of ether oxygens (including phenoxy) is 2. The molecule has 7 aliphatic carbocycles. The Kier molecular flexibility index (Phi) is 9.12. The average Bonchev–Trinajstić information content (AvgIpc) is 3.78. The van der Waals surface area contributed by atoms with E-state index >= 15 is 9.59 Å². The third-order valence-electron chi connectivity index (χ3n) is 21.8. The normalized spacial score (nSPS) is 44.8. The zero-order chi connectivity index (χ0) is 43.6. The first-order chi connectivity index (χ1) is 31.8. The highest BCUT2D eigenvalue weighted by molar-refractivity contribution is 6.00. The lowest BCUT2D eigenvalue weighted by Gasteiger charge is -2.73. The first kappa shape index (κ1) is 40.7. The van der Waals surface area contributed by atoms with Gasteiger partial charge in [-0.3, -0.25) is 9.69 Å². The van der Waals surface area contributed by atoms with Crippen molar-refractivity contribution < 1.29 is 24.2 Å². The topological polar surface area (TPSA) is 105 Å². The highest BCUT2D eigenvalue weighted by Crippen LogP contribution is 2.88. The summed E-state index contributed by atoms with van der Waals surface area (Å²) in [6.45, 7) is 6.43. The number of nitrogens with two attached hydrogens (primary N) is 1. The van der Waals surface area contributed by atoms with E-state index in [1.165, 1.54) is 101 Å². The molecule has 8 heteroatoms. The van der Waals surface area contributed by atoms with Crippen molar-refractivity contribution in [1.82, 2.24) is 9.80 Å². The molecule has 9 aliphatic heterocycles. The maximum Gasteiger partial charge on any atom is 0.339 e. The van der Waals surface area contributed by atoms with Gasteiger partial charge in [0.05, 0.1) is 11.0 Å². The van der Waals surface area contributed by atoms with Gasteiger partial charge < -0.3 is 25.2 Å². The lowest BCUT2D eigenvalue weighted by molar-refractivity contribution is -0.282. The van der Waals surface area contributed by atoms with Crippen LogP contribution in [0, 0.1) is 70.0 Å². The van der Waals surface area contributed by atoms with Crippen LogP contribution >= 0.6 is 0 Å². The Morgan fingerprint density at radius 2 is 1.68 bits per heavy atom. The maximum absolute atomic E-state index is 16.3. The molecule has 1 aromatic carbocycles. The summed E-state index contributed by atoms with van der Waals surface area (Å²) in [5, 5.41) is 13.4. The van der Waals surface area contributed by atoms with Crippen LogP contribution in [0.15, 0.2) is 64.3 Å². The minimum atomic E-state index is -1.12. The lowest BCUT2D eigenvalue weighted by Crippen LogP contribution is -2.78. The first-order valence-corrected chi connectivity index (χ1v) is 27.1. The maximum atomic E-state index is 16.3. The van der Waals surface area contributed by atoms with Gasteiger partial charge in [-0.25, -0.2) is 4.79 Å². The van der Waals surface area contributed by atoms with Gasteiger partial charge in [0.2, 0.25) is 0 Å². The number of aliphatic hydroxyl groups is 1. The van der Waals surface area contributed by atoms with Crippen molar-refractivity contribution in [3.05, 3.63) is 81.0 Å². The van der Waals surface area contributed by atoms with E-state index in [0.717, 1.165) is 56.4 Å². The van der Waals surface area contributed by atoms with Crippen molar-refractivity contribution in [2.24, 2.45) is 75.7 Å². The summed E-state index contributed by atoms with van der Waals surface area (Å²) < 4.78 is 14.5. The number of carbonyl (C=O) groups is 2. The van der Waals surface area contributed by atoms with E-state index in [4.69, 9.17) is 15.2 Å². The molecule has 14 atom stereocenters. The molecular formula is C57H73N3O5. The summed E-state index contributed by atoms with van der Waals surface area (Å²) >= 11 is 0. The predicted octanol–water partition coefficient (Wildman–Crippen LogP) is 10.4. The summed E-state index contributed by atoms with van der Waals surface area (Å²) in [6, 6.07) is 7.15. The smallest absolute Gasteiger partial charge is 0.339 e. The molecular weight excluding hydrogens is 807 g/mol. The van der Waals surface area contributed by atoms with Crippen LogP contribution in [0.4, 0.5) is 0 Å². The predicted molar refractivity (Wildman–Crippen MR) is 249 cm³/mol. The molecule has 3 N–H and O–H groups in total. The van der Waals surface area contributed by atoms with Crippen molar-refractivity contribution in [3.63, 3.8) is 0 Å². The largest absolute Gasteiger partial charge is 0.509 e. The van der Waals surface area contributed by atoms with E-state index in [-0.39, 0.29) is 41.5 Å². The number of allylic oxidation sites excluding steroid dienone is 4. The molecule has 0 aromatic heterocycles. The molecule has 65 heavy (non-hydrogen) atoms. The van der Waals surface area contributed by atoms with Gasteiger partial charge in [0, 0.05) is 61.2 Å². The SMILES string of the molecule is CC1CC2=C3C4C5=C6C(C=CC(C7CCCCC7)CC7C68C(=O)OC(=C(O)CC(C6CCCCC6)N6CC9CC(C6)C(CC2)N3C9)C8(CC5)C72OC(=O)c3c(CCCN)cccc32)CC14. The summed E-state index contributed by atoms with van der Waals surface area (Å²) in [4.78, 5) is 37.2. The monoisotopic (exact) mass is 880 g/mol. The fourth-order valence-electron chi connectivity index (χ4n) is 19.7. The molecule has 0 radical (unpaired) electrons. The zero-order valence-corrected chi connectivity index (χ0v) is 39.0. The second-order valence-electron chi connectivity index (χ2n) is 24.3. The average molecular weight is 880 g/mol. The molecule has 17 rings (SSSR count). The van der Waals surface area contributed by atoms with Crippen LogP contribution in [0.5, 0.6) is 0 Å². The molecule has 3 saturated heterocycles. The zero-order valence-electron chi connectivity index (χ0n) is 39.0. The van der Waals surface area contributed by atoms with E-state index < -0.39 is 16.4 Å². The molecule has 16 aliphatic rings. The Morgan fingerprint density at radius 1 is 0.862 bits per heavy atom. The molecule has 1 aromatic rings. The summed E-state index contributed by atoms with van der Waals surface area (Å²) in [6.07, 6.45) is 27.9. The summed E-state index contributed by atoms with van der Waals surface area (Å²) in [7, 11) is 0.